The van der Waals surface area contributed by atoms with E-state index in [1.54, 1.807) is 19.0 Å². The van der Waals surface area contributed by atoms with Crippen molar-refractivity contribution in [1.29, 1.82) is 0 Å². The van der Waals surface area contributed by atoms with Crippen LogP contribution in [0.1, 0.15) is 37.7 Å². The van der Waals surface area contributed by atoms with Gasteiger partial charge < -0.3 is 20.3 Å². The monoisotopic (exact) mass is 386 g/mol. The fourth-order valence-electron chi connectivity index (χ4n) is 3.53. The first kappa shape index (κ1) is 20.6. The molecule has 1 aliphatic heterocycles. The maximum atomic E-state index is 11.9. The molecule has 6 nitrogen and oxygen atoms in total. The number of likely N-dealkylation sites (N-methyl/N-ethyl adjacent to an activating group) is 1. The van der Waals surface area contributed by atoms with Gasteiger partial charge in [-0.25, -0.2) is 4.99 Å². The van der Waals surface area contributed by atoms with Crippen molar-refractivity contribution in [2.45, 2.75) is 44.6 Å². The number of ether oxygens (including phenoxy) is 1. The molecular formula is C22H34N4O2. The summed E-state index contributed by atoms with van der Waals surface area (Å²) in [5, 5.41) is 6.88. The molecule has 6 heteroatoms. The van der Waals surface area contributed by atoms with Gasteiger partial charge in [-0.3, -0.25) is 4.79 Å². The maximum absolute atomic E-state index is 11.9. The summed E-state index contributed by atoms with van der Waals surface area (Å²) in [6.45, 7) is 2.59. The molecule has 1 aromatic carbocycles. The van der Waals surface area contributed by atoms with Crippen LogP contribution in [0.2, 0.25) is 0 Å². The van der Waals surface area contributed by atoms with Crippen molar-refractivity contribution in [3.8, 4) is 0 Å². The Balaban J connectivity index is 1.54. The van der Waals surface area contributed by atoms with Gasteiger partial charge in [0.05, 0.1) is 6.10 Å². The molecular weight excluding hydrogens is 352 g/mol. The largest absolute Gasteiger partial charge is 0.376 e. The van der Waals surface area contributed by atoms with Gasteiger partial charge in [-0.1, -0.05) is 30.3 Å². The van der Waals surface area contributed by atoms with Crippen LogP contribution in [0.15, 0.2) is 35.3 Å². The van der Waals surface area contributed by atoms with E-state index in [9.17, 15) is 4.79 Å². The van der Waals surface area contributed by atoms with E-state index in [0.29, 0.717) is 11.4 Å². The first-order valence-corrected chi connectivity index (χ1v) is 10.4. The van der Waals surface area contributed by atoms with Gasteiger partial charge in [-0.15, -0.1) is 0 Å². The van der Waals surface area contributed by atoms with Crippen LogP contribution in [-0.2, 0) is 16.0 Å². The van der Waals surface area contributed by atoms with Crippen LogP contribution in [0.3, 0.4) is 0 Å². The normalized spacial score (nSPS) is 21.1. The molecule has 1 amide bonds. The summed E-state index contributed by atoms with van der Waals surface area (Å²) in [5.74, 6) is 0.712. The van der Waals surface area contributed by atoms with E-state index < -0.39 is 0 Å². The molecule has 1 atom stereocenters. The fourth-order valence-corrected chi connectivity index (χ4v) is 3.53. The molecule has 1 saturated carbocycles. The Hall–Kier alpha value is -2.08. The quantitative estimate of drug-likeness (QED) is 0.531. The number of benzene rings is 1. The van der Waals surface area contributed by atoms with E-state index in [0.717, 1.165) is 39.0 Å². The summed E-state index contributed by atoms with van der Waals surface area (Å²) < 4.78 is 5.81. The van der Waals surface area contributed by atoms with Gasteiger partial charge >= 0.3 is 0 Å². The average Bonchev–Trinajstić information content (AvgIpc) is 3.48. The minimum absolute atomic E-state index is 0.000405. The minimum Gasteiger partial charge on any atom is -0.376 e. The van der Waals surface area contributed by atoms with Crippen LogP contribution < -0.4 is 10.6 Å². The van der Waals surface area contributed by atoms with E-state index in [1.165, 1.54) is 24.8 Å². The molecule has 2 fully saturated rings. The molecule has 1 aromatic rings. The van der Waals surface area contributed by atoms with E-state index in [2.05, 4.69) is 46.0 Å². The van der Waals surface area contributed by atoms with Crippen molar-refractivity contribution in [1.82, 2.24) is 15.5 Å². The van der Waals surface area contributed by atoms with Crippen LogP contribution in [0, 0.1) is 5.41 Å². The van der Waals surface area contributed by atoms with Gasteiger partial charge in [0.1, 0.15) is 6.54 Å². The van der Waals surface area contributed by atoms with Crippen LogP contribution >= 0.6 is 0 Å². The Morgan fingerprint density at radius 2 is 2.00 bits per heavy atom. The van der Waals surface area contributed by atoms with Crippen molar-refractivity contribution in [3.63, 3.8) is 0 Å². The topological polar surface area (TPSA) is 66.0 Å². The molecule has 28 heavy (non-hydrogen) atoms. The Labute approximate surface area is 168 Å². The van der Waals surface area contributed by atoms with Crippen molar-refractivity contribution >= 4 is 11.9 Å². The summed E-state index contributed by atoms with van der Waals surface area (Å²) in [5.41, 5.74) is 1.68. The first-order valence-electron chi connectivity index (χ1n) is 10.4. The molecule has 1 unspecified atom stereocenters. The number of guanidine groups is 1. The highest BCUT2D eigenvalue weighted by Crippen LogP contribution is 2.47. The van der Waals surface area contributed by atoms with Crippen LogP contribution in [0.5, 0.6) is 0 Å². The summed E-state index contributed by atoms with van der Waals surface area (Å²) >= 11 is 0. The molecule has 1 heterocycles. The number of nitrogens with zero attached hydrogens (tertiary/aromatic N) is 2. The molecule has 0 bridgehead atoms. The third-order valence-corrected chi connectivity index (χ3v) is 5.65. The predicted molar refractivity (Wildman–Crippen MR) is 112 cm³/mol. The molecule has 0 spiro atoms. The first-order chi connectivity index (χ1) is 13.6. The molecule has 154 valence electrons. The van der Waals surface area contributed by atoms with E-state index >= 15 is 0 Å². The van der Waals surface area contributed by atoms with E-state index in [-0.39, 0.29) is 18.6 Å². The maximum Gasteiger partial charge on any atom is 0.243 e. The fraction of sp³-hybridized carbons (Fsp3) is 0.636. The number of rotatable bonds is 8. The highest BCUT2D eigenvalue weighted by atomic mass is 16.5. The van der Waals surface area contributed by atoms with Crippen molar-refractivity contribution in [2.24, 2.45) is 10.4 Å². The summed E-state index contributed by atoms with van der Waals surface area (Å²) in [6.07, 6.45) is 7.20. The Bertz CT molecular complexity index is 650. The number of hydrogen-bond donors (Lipinski definition) is 2. The standard InChI is InChI=1S/C22H34N4O2/c1-26(2)20(27)16-24-21(23-15-19-10-6-7-13-28-19)25-17-22(11-12-22)14-18-8-4-3-5-9-18/h3-5,8-9,19H,6-7,10-17H2,1-2H3,(H2,23,24,25). The van der Waals surface area contributed by atoms with E-state index in [1.807, 2.05) is 0 Å². The second-order valence-electron chi connectivity index (χ2n) is 8.34. The zero-order valence-electron chi connectivity index (χ0n) is 17.2. The Morgan fingerprint density at radius 3 is 2.64 bits per heavy atom. The molecule has 2 N–H and O–H groups in total. The molecule has 1 aliphatic carbocycles. The summed E-state index contributed by atoms with van der Waals surface area (Å²) in [6, 6.07) is 10.7. The molecule has 3 rings (SSSR count). The Kier molecular flexibility index (Phi) is 7.31. The Morgan fingerprint density at radius 1 is 1.21 bits per heavy atom. The van der Waals surface area contributed by atoms with Crippen LogP contribution in [0.4, 0.5) is 0 Å². The lowest BCUT2D eigenvalue weighted by Gasteiger charge is -2.25. The van der Waals surface area contributed by atoms with Gasteiger partial charge in [-0.2, -0.15) is 0 Å². The van der Waals surface area contributed by atoms with Crippen molar-refractivity contribution in [2.75, 3.05) is 40.3 Å². The third-order valence-electron chi connectivity index (χ3n) is 5.65. The van der Waals surface area contributed by atoms with Crippen LogP contribution in [0.25, 0.3) is 0 Å². The zero-order chi connectivity index (χ0) is 19.8. The number of nitrogens with one attached hydrogen (secondary N) is 2. The van der Waals surface area contributed by atoms with Crippen LogP contribution in [-0.4, -0.2) is 63.2 Å². The summed E-state index contributed by atoms with van der Waals surface area (Å²) in [7, 11) is 3.51. The number of carbonyl (C=O) groups excluding carboxylic acids is 1. The molecule has 0 radical (unpaired) electrons. The van der Waals surface area contributed by atoms with Crippen molar-refractivity contribution < 1.29 is 9.53 Å². The van der Waals surface area contributed by atoms with Gasteiger partial charge in [-0.05, 0) is 49.5 Å². The molecule has 0 aromatic heterocycles. The number of hydrogen-bond acceptors (Lipinski definition) is 3. The lowest BCUT2D eigenvalue weighted by Crippen LogP contribution is -2.45. The van der Waals surface area contributed by atoms with Crippen molar-refractivity contribution in [3.05, 3.63) is 35.9 Å². The van der Waals surface area contributed by atoms with Gasteiger partial charge in [0.2, 0.25) is 5.91 Å². The lowest BCUT2D eigenvalue weighted by molar-refractivity contribution is -0.127. The van der Waals surface area contributed by atoms with E-state index in [4.69, 9.17) is 4.74 Å². The van der Waals surface area contributed by atoms with Gasteiger partial charge in [0.15, 0.2) is 5.96 Å². The van der Waals surface area contributed by atoms with Gasteiger partial charge in [0, 0.05) is 33.8 Å². The molecule has 2 aliphatic rings. The number of carbonyl (C=O) groups is 1. The second kappa shape index (κ2) is 9.92. The van der Waals surface area contributed by atoms with Gasteiger partial charge in [0.25, 0.3) is 0 Å². The smallest absolute Gasteiger partial charge is 0.243 e. The highest BCUT2D eigenvalue weighted by Gasteiger charge is 2.42. The second-order valence-corrected chi connectivity index (χ2v) is 8.34. The predicted octanol–water partition coefficient (Wildman–Crippen LogP) is 2.20. The number of amides is 1. The number of aliphatic imine (C=N–C) groups is 1. The minimum atomic E-state index is 0.000405. The average molecular weight is 387 g/mol. The zero-order valence-corrected chi connectivity index (χ0v) is 17.2. The third kappa shape index (κ3) is 6.51. The lowest BCUT2D eigenvalue weighted by atomic mass is 9.96. The SMILES string of the molecule is CN(C)C(=O)CN=C(NCC1CCCCO1)NCC1(Cc2ccccc2)CC1. The highest BCUT2D eigenvalue weighted by molar-refractivity contribution is 5.84. The summed E-state index contributed by atoms with van der Waals surface area (Å²) in [4.78, 5) is 18.0. The molecule has 1 saturated heterocycles.